The summed E-state index contributed by atoms with van der Waals surface area (Å²) in [7, 11) is -1.61. The topological polar surface area (TPSA) is 71.4 Å². The standard InChI is InChI=1S/C19H20BrN3O3S2/c1-22-11-9-14-15(5-2-6-16(14)22)21-19(24)13-4-3-10-23(12-13)28(25,26)18-8-7-17(20)27-18/h2,5-9,11,13H,3-4,10,12H2,1H3,(H,21,24). The van der Waals surface area contributed by atoms with Crippen molar-refractivity contribution in [3.63, 3.8) is 0 Å². The summed E-state index contributed by atoms with van der Waals surface area (Å²) in [6.45, 7) is 0.643. The largest absolute Gasteiger partial charge is 0.350 e. The van der Waals surface area contributed by atoms with Crippen LogP contribution in [0.4, 0.5) is 5.69 Å². The molecule has 0 saturated carbocycles. The number of carbonyl (C=O) groups is 1. The van der Waals surface area contributed by atoms with Crippen LogP contribution >= 0.6 is 27.3 Å². The molecular weight excluding hydrogens is 462 g/mol. The smallest absolute Gasteiger partial charge is 0.252 e. The summed E-state index contributed by atoms with van der Waals surface area (Å²) in [6.07, 6.45) is 3.30. The molecule has 6 nitrogen and oxygen atoms in total. The van der Waals surface area contributed by atoms with Gasteiger partial charge in [-0.05, 0) is 59.1 Å². The first-order chi connectivity index (χ1) is 13.4. The van der Waals surface area contributed by atoms with Crippen molar-refractivity contribution >= 4 is 59.8 Å². The Morgan fingerprint density at radius 1 is 1.25 bits per heavy atom. The van der Waals surface area contributed by atoms with Gasteiger partial charge in [0.1, 0.15) is 4.21 Å². The fourth-order valence-corrected chi connectivity index (χ4v) is 7.27. The Kier molecular flexibility index (Phi) is 5.34. The van der Waals surface area contributed by atoms with E-state index in [0.29, 0.717) is 23.6 Å². The third-order valence-corrected chi connectivity index (χ3v) is 9.04. The molecule has 28 heavy (non-hydrogen) atoms. The molecule has 9 heteroatoms. The minimum absolute atomic E-state index is 0.136. The molecule has 1 fully saturated rings. The number of benzene rings is 1. The SMILES string of the molecule is Cn1ccc2c(NC(=O)C3CCCN(S(=O)(=O)c4ccc(Br)s4)C3)cccc21. The van der Waals surface area contributed by atoms with Crippen LogP contribution in [0.1, 0.15) is 12.8 Å². The highest BCUT2D eigenvalue weighted by Crippen LogP contribution is 2.31. The van der Waals surface area contributed by atoms with Gasteiger partial charge in [-0.3, -0.25) is 4.79 Å². The molecule has 0 radical (unpaired) electrons. The number of hydrogen-bond acceptors (Lipinski definition) is 4. The molecule has 1 N–H and O–H groups in total. The Hall–Kier alpha value is -1.68. The third-order valence-electron chi connectivity index (χ3n) is 5.08. The number of sulfonamides is 1. The van der Waals surface area contributed by atoms with Crippen molar-refractivity contribution < 1.29 is 13.2 Å². The quantitative estimate of drug-likeness (QED) is 0.610. The van der Waals surface area contributed by atoms with Crippen LogP contribution in [-0.2, 0) is 21.9 Å². The number of anilines is 1. The molecule has 2 aromatic heterocycles. The molecule has 1 aliphatic rings. The monoisotopic (exact) mass is 481 g/mol. The number of nitrogens with zero attached hydrogens (tertiary/aromatic N) is 2. The van der Waals surface area contributed by atoms with E-state index in [9.17, 15) is 13.2 Å². The predicted molar refractivity (Wildman–Crippen MR) is 115 cm³/mol. The summed E-state index contributed by atoms with van der Waals surface area (Å²) in [6, 6.07) is 11.1. The number of aryl methyl sites for hydroxylation is 1. The Bertz CT molecular complexity index is 1140. The van der Waals surface area contributed by atoms with E-state index in [-0.39, 0.29) is 18.4 Å². The number of amides is 1. The molecule has 1 amide bonds. The number of halogens is 1. The normalized spacial score (nSPS) is 18.4. The van der Waals surface area contributed by atoms with Gasteiger partial charge in [-0.1, -0.05) is 6.07 Å². The highest BCUT2D eigenvalue weighted by molar-refractivity contribution is 9.11. The minimum Gasteiger partial charge on any atom is -0.350 e. The number of carbonyl (C=O) groups excluding carboxylic acids is 1. The van der Waals surface area contributed by atoms with E-state index >= 15 is 0 Å². The molecule has 3 heterocycles. The van der Waals surface area contributed by atoms with Crippen LogP contribution in [-0.4, -0.2) is 36.3 Å². The molecule has 1 atom stereocenters. The van der Waals surface area contributed by atoms with Crippen LogP contribution in [0.2, 0.25) is 0 Å². The fourth-order valence-electron chi connectivity index (χ4n) is 3.58. The van der Waals surface area contributed by atoms with Crippen LogP contribution in [0.3, 0.4) is 0 Å². The Morgan fingerprint density at radius 3 is 2.82 bits per heavy atom. The number of rotatable bonds is 4. The Balaban J connectivity index is 1.52. The molecule has 1 saturated heterocycles. The maximum atomic E-state index is 12.9. The number of nitrogens with one attached hydrogen (secondary N) is 1. The maximum absolute atomic E-state index is 12.9. The first kappa shape index (κ1) is 19.6. The number of thiophene rings is 1. The summed E-state index contributed by atoms with van der Waals surface area (Å²) in [5, 5.41) is 3.98. The van der Waals surface area contributed by atoms with Crippen molar-refractivity contribution in [2.75, 3.05) is 18.4 Å². The van der Waals surface area contributed by atoms with Crippen LogP contribution in [0.5, 0.6) is 0 Å². The van der Waals surface area contributed by atoms with E-state index in [1.165, 1.54) is 15.6 Å². The van der Waals surface area contributed by atoms with Gasteiger partial charge in [0.15, 0.2) is 0 Å². The second kappa shape index (κ2) is 7.62. The van der Waals surface area contributed by atoms with Crippen LogP contribution in [0.15, 0.2) is 50.6 Å². The number of hydrogen-bond donors (Lipinski definition) is 1. The average Bonchev–Trinajstić information content (AvgIpc) is 3.29. The van der Waals surface area contributed by atoms with Gasteiger partial charge < -0.3 is 9.88 Å². The van der Waals surface area contributed by atoms with E-state index < -0.39 is 10.0 Å². The lowest BCUT2D eigenvalue weighted by Gasteiger charge is -2.30. The van der Waals surface area contributed by atoms with Gasteiger partial charge in [0, 0.05) is 37.2 Å². The van der Waals surface area contributed by atoms with E-state index in [2.05, 4.69) is 21.2 Å². The van der Waals surface area contributed by atoms with Crippen molar-refractivity contribution in [2.24, 2.45) is 13.0 Å². The molecule has 1 aromatic carbocycles. The maximum Gasteiger partial charge on any atom is 0.252 e. The van der Waals surface area contributed by atoms with Gasteiger partial charge in [0.2, 0.25) is 5.91 Å². The zero-order valence-electron chi connectivity index (χ0n) is 15.3. The first-order valence-corrected chi connectivity index (χ1v) is 12.0. The third kappa shape index (κ3) is 3.63. The number of fused-ring (bicyclic) bond motifs is 1. The fraction of sp³-hybridized carbons (Fsp3) is 0.316. The first-order valence-electron chi connectivity index (χ1n) is 8.96. The van der Waals surface area contributed by atoms with Crippen molar-refractivity contribution in [1.29, 1.82) is 0 Å². The molecule has 0 spiro atoms. The molecular formula is C19H20BrN3O3S2. The average molecular weight is 482 g/mol. The Morgan fingerprint density at radius 2 is 2.07 bits per heavy atom. The van der Waals surface area contributed by atoms with Crippen molar-refractivity contribution in [1.82, 2.24) is 8.87 Å². The van der Waals surface area contributed by atoms with E-state index in [1.54, 1.807) is 12.1 Å². The molecule has 0 aliphatic carbocycles. The van der Waals surface area contributed by atoms with E-state index in [1.807, 2.05) is 42.1 Å². The van der Waals surface area contributed by atoms with Crippen molar-refractivity contribution in [2.45, 2.75) is 17.1 Å². The zero-order valence-corrected chi connectivity index (χ0v) is 18.5. The predicted octanol–water partition coefficient (Wildman–Crippen LogP) is 4.04. The lowest BCUT2D eigenvalue weighted by Crippen LogP contribution is -2.43. The second-order valence-electron chi connectivity index (χ2n) is 6.92. The van der Waals surface area contributed by atoms with Crippen molar-refractivity contribution in [3.8, 4) is 0 Å². The van der Waals surface area contributed by atoms with Gasteiger partial charge in [-0.2, -0.15) is 4.31 Å². The molecule has 0 bridgehead atoms. The van der Waals surface area contributed by atoms with E-state index in [0.717, 1.165) is 20.4 Å². The van der Waals surface area contributed by atoms with Gasteiger partial charge in [0.25, 0.3) is 10.0 Å². The molecule has 4 rings (SSSR count). The van der Waals surface area contributed by atoms with Gasteiger partial charge in [-0.15, -0.1) is 11.3 Å². The summed E-state index contributed by atoms with van der Waals surface area (Å²) in [5.41, 5.74) is 1.79. The summed E-state index contributed by atoms with van der Waals surface area (Å²) >= 11 is 4.50. The lowest BCUT2D eigenvalue weighted by molar-refractivity contribution is -0.120. The summed E-state index contributed by atoms with van der Waals surface area (Å²) < 4.78 is 30.3. The zero-order chi connectivity index (χ0) is 19.9. The van der Waals surface area contributed by atoms with Gasteiger partial charge in [-0.25, -0.2) is 8.42 Å². The summed E-state index contributed by atoms with van der Waals surface area (Å²) in [4.78, 5) is 12.9. The second-order valence-corrected chi connectivity index (χ2v) is 11.5. The lowest BCUT2D eigenvalue weighted by atomic mass is 9.98. The number of piperidine rings is 1. The summed E-state index contributed by atoms with van der Waals surface area (Å²) in [5.74, 6) is -0.505. The van der Waals surface area contributed by atoms with E-state index in [4.69, 9.17) is 0 Å². The molecule has 148 valence electrons. The number of aromatic nitrogens is 1. The molecule has 1 unspecified atom stereocenters. The van der Waals surface area contributed by atoms with Crippen LogP contribution in [0.25, 0.3) is 10.9 Å². The molecule has 3 aromatic rings. The van der Waals surface area contributed by atoms with Crippen molar-refractivity contribution in [3.05, 3.63) is 46.4 Å². The molecule has 1 aliphatic heterocycles. The minimum atomic E-state index is -3.57. The highest BCUT2D eigenvalue weighted by atomic mass is 79.9. The van der Waals surface area contributed by atoms with Crippen LogP contribution in [0, 0.1) is 5.92 Å². The van der Waals surface area contributed by atoms with Gasteiger partial charge >= 0.3 is 0 Å². The Labute approximate surface area is 176 Å². The van der Waals surface area contributed by atoms with Crippen LogP contribution < -0.4 is 5.32 Å². The van der Waals surface area contributed by atoms with Gasteiger partial charge in [0.05, 0.1) is 15.4 Å². The highest BCUT2D eigenvalue weighted by Gasteiger charge is 2.34.